The maximum atomic E-state index is 11.3. The zero-order valence-corrected chi connectivity index (χ0v) is 12.7. The third kappa shape index (κ3) is 2.36. The van der Waals surface area contributed by atoms with Crippen molar-refractivity contribution < 1.29 is 15.0 Å². The molecule has 2 unspecified atom stereocenters. The third-order valence-corrected chi connectivity index (χ3v) is 5.30. The van der Waals surface area contributed by atoms with Crippen molar-refractivity contribution in [1.29, 1.82) is 0 Å². The van der Waals surface area contributed by atoms with E-state index >= 15 is 0 Å². The molecule has 1 fully saturated rings. The summed E-state index contributed by atoms with van der Waals surface area (Å²) in [7, 11) is 0. The van der Waals surface area contributed by atoms with Crippen LogP contribution in [-0.2, 0) is 0 Å². The summed E-state index contributed by atoms with van der Waals surface area (Å²) in [4.78, 5) is 23.0. The summed E-state index contributed by atoms with van der Waals surface area (Å²) in [5.74, 6) is 0.0852. The van der Waals surface area contributed by atoms with E-state index in [1.54, 1.807) is 6.92 Å². The quantitative estimate of drug-likeness (QED) is 0.900. The van der Waals surface area contributed by atoms with Gasteiger partial charge in [0.15, 0.2) is 0 Å². The van der Waals surface area contributed by atoms with Crippen molar-refractivity contribution in [2.24, 2.45) is 5.92 Å². The lowest BCUT2D eigenvalue weighted by Crippen LogP contribution is -2.24. The number of fused-ring (bicyclic) bond motifs is 1. The van der Waals surface area contributed by atoms with Crippen molar-refractivity contribution in [3.63, 3.8) is 0 Å². The van der Waals surface area contributed by atoms with E-state index in [0.717, 1.165) is 36.3 Å². The standard InChI is InChI=1S/C14H17N3O3S/c1-7-10-12(17-4-3-9(5-17)8(2)18)15-6-16-13(10)21-11(7)14(19)20/h6,8-9,18H,3-5H2,1-2H3,(H,19,20). The van der Waals surface area contributed by atoms with Gasteiger partial charge in [-0.3, -0.25) is 0 Å². The molecule has 0 aliphatic carbocycles. The number of aliphatic hydroxyl groups is 1. The first kappa shape index (κ1) is 14.2. The number of rotatable bonds is 3. The number of aryl methyl sites for hydroxylation is 1. The molecule has 1 aliphatic rings. The van der Waals surface area contributed by atoms with E-state index < -0.39 is 5.97 Å². The van der Waals surface area contributed by atoms with Crippen molar-refractivity contribution in [1.82, 2.24) is 9.97 Å². The van der Waals surface area contributed by atoms with Gasteiger partial charge in [-0.2, -0.15) is 0 Å². The van der Waals surface area contributed by atoms with Gasteiger partial charge in [0.05, 0.1) is 11.5 Å². The second-order valence-corrected chi connectivity index (χ2v) is 6.47. The van der Waals surface area contributed by atoms with Crippen LogP contribution in [0.3, 0.4) is 0 Å². The Hall–Kier alpha value is -1.73. The molecule has 0 bridgehead atoms. The van der Waals surface area contributed by atoms with Gasteiger partial charge in [-0.25, -0.2) is 14.8 Å². The van der Waals surface area contributed by atoms with Crippen molar-refractivity contribution in [3.8, 4) is 0 Å². The molecule has 2 aromatic rings. The van der Waals surface area contributed by atoms with Gasteiger partial charge in [0.25, 0.3) is 0 Å². The van der Waals surface area contributed by atoms with Gasteiger partial charge in [0.1, 0.15) is 21.9 Å². The highest BCUT2D eigenvalue weighted by molar-refractivity contribution is 7.20. The molecule has 21 heavy (non-hydrogen) atoms. The number of thiophene rings is 1. The van der Waals surface area contributed by atoms with Crippen LogP contribution < -0.4 is 4.90 Å². The lowest BCUT2D eigenvalue weighted by atomic mass is 10.0. The van der Waals surface area contributed by atoms with Gasteiger partial charge in [-0.15, -0.1) is 11.3 Å². The molecule has 0 spiro atoms. The average Bonchev–Trinajstić information content (AvgIpc) is 3.04. The summed E-state index contributed by atoms with van der Waals surface area (Å²) in [6, 6.07) is 0. The highest BCUT2D eigenvalue weighted by Gasteiger charge is 2.29. The molecule has 3 rings (SSSR count). The Bertz CT molecular complexity index is 698. The zero-order chi connectivity index (χ0) is 15.1. The van der Waals surface area contributed by atoms with Crippen LogP contribution in [0.25, 0.3) is 10.2 Å². The maximum Gasteiger partial charge on any atom is 0.346 e. The van der Waals surface area contributed by atoms with Crippen LogP contribution in [-0.4, -0.2) is 45.3 Å². The number of hydrogen-bond donors (Lipinski definition) is 2. The van der Waals surface area contributed by atoms with Crippen LogP contribution in [0.2, 0.25) is 0 Å². The SMILES string of the molecule is Cc1c(C(=O)O)sc2ncnc(N3CCC(C(C)O)C3)c12. The Morgan fingerprint density at radius 3 is 2.90 bits per heavy atom. The van der Waals surface area contributed by atoms with Crippen LogP contribution in [0.15, 0.2) is 6.33 Å². The van der Waals surface area contributed by atoms with E-state index in [-0.39, 0.29) is 12.0 Å². The topological polar surface area (TPSA) is 86.5 Å². The van der Waals surface area contributed by atoms with Gasteiger partial charge in [0, 0.05) is 19.0 Å². The smallest absolute Gasteiger partial charge is 0.346 e. The molecule has 0 aromatic carbocycles. The zero-order valence-electron chi connectivity index (χ0n) is 11.9. The molecular weight excluding hydrogens is 290 g/mol. The summed E-state index contributed by atoms with van der Waals surface area (Å²) >= 11 is 1.19. The van der Waals surface area contributed by atoms with Crippen LogP contribution >= 0.6 is 11.3 Å². The van der Waals surface area contributed by atoms with Crippen molar-refractivity contribution in [3.05, 3.63) is 16.8 Å². The lowest BCUT2D eigenvalue weighted by molar-refractivity contribution is 0.0701. The largest absolute Gasteiger partial charge is 0.477 e. The number of nitrogens with zero attached hydrogens (tertiary/aromatic N) is 3. The summed E-state index contributed by atoms with van der Waals surface area (Å²) in [6.07, 6.45) is 2.05. The van der Waals surface area contributed by atoms with E-state index in [9.17, 15) is 15.0 Å². The maximum absolute atomic E-state index is 11.3. The summed E-state index contributed by atoms with van der Waals surface area (Å²) < 4.78 is 0. The Kier molecular flexibility index (Phi) is 3.54. The molecule has 7 heteroatoms. The summed E-state index contributed by atoms with van der Waals surface area (Å²) in [5.41, 5.74) is 0.721. The minimum absolute atomic E-state index is 0.230. The fourth-order valence-electron chi connectivity index (χ4n) is 2.87. The van der Waals surface area contributed by atoms with E-state index in [2.05, 4.69) is 14.9 Å². The molecule has 2 N–H and O–H groups in total. The van der Waals surface area contributed by atoms with E-state index in [1.165, 1.54) is 17.7 Å². The van der Waals surface area contributed by atoms with Gasteiger partial charge in [-0.05, 0) is 25.8 Å². The lowest BCUT2D eigenvalue weighted by Gasteiger charge is -2.19. The molecule has 1 saturated heterocycles. The summed E-state index contributed by atoms with van der Waals surface area (Å²) in [6.45, 7) is 5.17. The van der Waals surface area contributed by atoms with Gasteiger partial charge in [-0.1, -0.05) is 0 Å². The molecule has 6 nitrogen and oxygen atoms in total. The number of carbonyl (C=O) groups is 1. The van der Waals surface area contributed by atoms with Crippen LogP contribution in [0.5, 0.6) is 0 Å². The number of aromatic carboxylic acids is 1. The van der Waals surface area contributed by atoms with Crippen molar-refractivity contribution >= 4 is 33.3 Å². The monoisotopic (exact) mass is 307 g/mol. The first-order valence-corrected chi connectivity index (χ1v) is 7.71. The van der Waals surface area contributed by atoms with Crippen LogP contribution in [0.4, 0.5) is 5.82 Å². The Labute approximate surface area is 126 Å². The summed E-state index contributed by atoms with van der Waals surface area (Å²) in [5, 5.41) is 19.8. The number of aliphatic hydroxyl groups excluding tert-OH is 1. The number of carboxylic acid groups (broad SMARTS) is 1. The number of aromatic nitrogens is 2. The molecular formula is C14H17N3O3S. The van der Waals surface area contributed by atoms with Gasteiger partial charge < -0.3 is 15.1 Å². The Morgan fingerprint density at radius 1 is 1.52 bits per heavy atom. The molecule has 0 radical (unpaired) electrons. The first-order valence-electron chi connectivity index (χ1n) is 6.89. The molecule has 1 aliphatic heterocycles. The second kappa shape index (κ2) is 5.23. The predicted octanol–water partition coefficient (Wildman–Crippen LogP) is 1.91. The highest BCUT2D eigenvalue weighted by Crippen LogP contribution is 2.36. The fraction of sp³-hybridized carbons (Fsp3) is 0.500. The minimum Gasteiger partial charge on any atom is -0.477 e. The Morgan fingerprint density at radius 2 is 2.29 bits per heavy atom. The Balaban J connectivity index is 2.05. The number of hydrogen-bond acceptors (Lipinski definition) is 6. The number of carboxylic acids is 1. The van der Waals surface area contributed by atoms with E-state index in [0.29, 0.717) is 9.71 Å². The minimum atomic E-state index is -0.926. The van der Waals surface area contributed by atoms with E-state index in [1.807, 2.05) is 6.92 Å². The highest BCUT2D eigenvalue weighted by atomic mass is 32.1. The van der Waals surface area contributed by atoms with Gasteiger partial charge >= 0.3 is 5.97 Å². The van der Waals surface area contributed by atoms with Crippen molar-refractivity contribution in [2.75, 3.05) is 18.0 Å². The van der Waals surface area contributed by atoms with Gasteiger partial charge in [0.2, 0.25) is 0 Å². The molecule has 3 heterocycles. The third-order valence-electron chi connectivity index (χ3n) is 4.11. The fourth-order valence-corrected chi connectivity index (χ4v) is 3.85. The van der Waals surface area contributed by atoms with Crippen LogP contribution in [0.1, 0.15) is 28.6 Å². The van der Waals surface area contributed by atoms with Crippen LogP contribution in [0, 0.1) is 12.8 Å². The van der Waals surface area contributed by atoms with E-state index in [4.69, 9.17) is 0 Å². The molecule has 0 amide bonds. The first-order chi connectivity index (χ1) is 9.99. The van der Waals surface area contributed by atoms with Crippen molar-refractivity contribution in [2.45, 2.75) is 26.4 Å². The second-order valence-electron chi connectivity index (χ2n) is 5.47. The average molecular weight is 307 g/mol. The normalized spacial score (nSPS) is 20.1. The molecule has 0 saturated carbocycles. The molecule has 112 valence electrons. The number of anilines is 1. The molecule has 2 atom stereocenters. The molecule has 2 aromatic heterocycles. The predicted molar refractivity (Wildman–Crippen MR) is 81.1 cm³/mol.